The van der Waals surface area contributed by atoms with Gasteiger partial charge >= 0.3 is 0 Å². The van der Waals surface area contributed by atoms with Crippen molar-refractivity contribution in [2.75, 3.05) is 0 Å². The molecule has 0 N–H and O–H groups in total. The molecule has 1 atom stereocenters. The van der Waals surface area contributed by atoms with Gasteiger partial charge in [-0.05, 0) is 65.8 Å². The number of rotatable bonds is 7. The highest BCUT2D eigenvalue weighted by Gasteiger charge is 2.33. The molecule has 0 spiro atoms. The van der Waals surface area contributed by atoms with Crippen LogP contribution in [0.3, 0.4) is 0 Å². The van der Waals surface area contributed by atoms with Crippen molar-refractivity contribution in [3.05, 3.63) is 0 Å². The predicted octanol–water partition coefficient (Wildman–Crippen LogP) is 4.26. The van der Waals surface area contributed by atoms with Crippen LogP contribution in [-0.4, -0.2) is 37.3 Å². The third-order valence-corrected chi connectivity index (χ3v) is 4.82. The van der Waals surface area contributed by atoms with Gasteiger partial charge in [-0.15, -0.1) is 0 Å². The van der Waals surface area contributed by atoms with Crippen LogP contribution in [-0.2, 0) is 13.3 Å². The molecule has 0 rings (SSSR count). The first kappa shape index (κ1) is 18.5. The molecule has 0 heterocycles. The first-order valence-electron chi connectivity index (χ1n) is 6.73. The van der Waals surface area contributed by atoms with Gasteiger partial charge in [0, 0.05) is 0 Å². The van der Waals surface area contributed by atoms with Crippen molar-refractivity contribution in [1.29, 1.82) is 0 Å². The van der Waals surface area contributed by atoms with Crippen LogP contribution in [0.5, 0.6) is 0 Å². The van der Waals surface area contributed by atoms with Crippen molar-refractivity contribution in [1.82, 2.24) is 0 Å². The van der Waals surface area contributed by atoms with Gasteiger partial charge in [0.2, 0.25) is 0 Å². The van der Waals surface area contributed by atoms with E-state index in [4.69, 9.17) is 13.3 Å². The molecule has 3 nitrogen and oxygen atoms in total. The van der Waals surface area contributed by atoms with Crippen LogP contribution in [0.15, 0.2) is 0 Å². The Hall–Kier alpha value is 0.531. The van der Waals surface area contributed by atoms with Crippen LogP contribution in [0.2, 0.25) is 58.9 Å². The molecule has 18 heavy (non-hydrogen) atoms. The lowest BCUT2D eigenvalue weighted by Gasteiger charge is -2.37. The molecular weight excluding hydrogens is 276 g/mol. The minimum Gasteiger partial charge on any atom is -0.410 e. The fraction of sp³-hybridized carbons (Fsp3) is 1.00. The van der Waals surface area contributed by atoms with Crippen molar-refractivity contribution >= 4 is 25.0 Å². The Morgan fingerprint density at radius 3 is 1.06 bits per heavy atom. The van der Waals surface area contributed by atoms with Crippen molar-refractivity contribution in [3.63, 3.8) is 0 Å². The highest BCUT2D eigenvalue weighted by atomic mass is 28.4. The minimum atomic E-state index is -1.63. The zero-order valence-electron chi connectivity index (χ0n) is 13.9. The van der Waals surface area contributed by atoms with Gasteiger partial charge in [0.25, 0.3) is 0 Å². The monoisotopic (exact) mass is 308 g/mol. The van der Waals surface area contributed by atoms with E-state index in [9.17, 15) is 0 Å². The van der Waals surface area contributed by atoms with E-state index < -0.39 is 25.0 Å². The summed E-state index contributed by atoms with van der Waals surface area (Å²) in [5, 5.41) is 0. The molecule has 110 valence electrons. The van der Waals surface area contributed by atoms with E-state index >= 15 is 0 Å². The van der Waals surface area contributed by atoms with Crippen LogP contribution in [0.4, 0.5) is 0 Å². The SMILES string of the molecule is CC(O[Si](C)(C)C)C(O[Si](C)(C)C)O[Si](C)(C)C. The lowest BCUT2D eigenvalue weighted by molar-refractivity contribution is -0.0813. The molecule has 0 radical (unpaired) electrons. The van der Waals surface area contributed by atoms with Gasteiger partial charge in [0.15, 0.2) is 31.2 Å². The summed E-state index contributed by atoms with van der Waals surface area (Å²) in [4.78, 5) is 0. The fourth-order valence-electron chi connectivity index (χ4n) is 1.53. The Morgan fingerprint density at radius 2 is 0.833 bits per heavy atom. The maximum Gasteiger partial charge on any atom is 0.187 e. The van der Waals surface area contributed by atoms with E-state index in [1.54, 1.807) is 0 Å². The van der Waals surface area contributed by atoms with Crippen molar-refractivity contribution < 1.29 is 13.3 Å². The molecule has 0 aromatic rings. The Labute approximate surface area is 117 Å². The molecule has 0 aliphatic carbocycles. The van der Waals surface area contributed by atoms with E-state index in [0.29, 0.717) is 0 Å². The maximum absolute atomic E-state index is 6.17. The van der Waals surface area contributed by atoms with Crippen LogP contribution in [0.1, 0.15) is 6.92 Å². The molecule has 0 aliphatic rings. The molecule has 0 fully saturated rings. The number of hydrogen-bond acceptors (Lipinski definition) is 3. The molecule has 0 amide bonds. The third kappa shape index (κ3) is 10.5. The normalized spacial score (nSPS) is 16.2. The van der Waals surface area contributed by atoms with E-state index in [1.807, 2.05) is 0 Å². The summed E-state index contributed by atoms with van der Waals surface area (Å²) in [6.07, 6.45) is -0.204. The van der Waals surface area contributed by atoms with Crippen LogP contribution < -0.4 is 0 Å². The summed E-state index contributed by atoms with van der Waals surface area (Å²) in [6, 6.07) is 0. The first-order valence-corrected chi connectivity index (χ1v) is 17.0. The second-order valence-electron chi connectivity index (χ2n) is 7.76. The van der Waals surface area contributed by atoms with E-state index in [-0.39, 0.29) is 12.4 Å². The summed E-state index contributed by atoms with van der Waals surface area (Å²) in [6.45, 7) is 21.8. The lowest BCUT2D eigenvalue weighted by Crippen LogP contribution is -2.48. The predicted molar refractivity (Wildman–Crippen MR) is 86.5 cm³/mol. The highest BCUT2D eigenvalue weighted by molar-refractivity contribution is 6.71. The largest absolute Gasteiger partial charge is 0.410 e. The van der Waals surface area contributed by atoms with Crippen LogP contribution >= 0.6 is 0 Å². The van der Waals surface area contributed by atoms with Crippen LogP contribution in [0, 0.1) is 0 Å². The molecule has 0 bridgehead atoms. The van der Waals surface area contributed by atoms with Gasteiger partial charge < -0.3 is 13.3 Å². The summed E-state index contributed by atoms with van der Waals surface area (Å²) < 4.78 is 18.5. The smallest absolute Gasteiger partial charge is 0.187 e. The molecule has 0 aliphatic heterocycles. The second kappa shape index (κ2) is 6.32. The van der Waals surface area contributed by atoms with Gasteiger partial charge in [0.1, 0.15) is 0 Å². The molecular formula is C12H32O3Si3. The minimum absolute atomic E-state index is 0.00937. The zero-order valence-corrected chi connectivity index (χ0v) is 16.9. The second-order valence-corrected chi connectivity index (χ2v) is 21.1. The average Bonchev–Trinajstić information content (AvgIpc) is 1.93. The van der Waals surface area contributed by atoms with Crippen molar-refractivity contribution in [3.8, 4) is 0 Å². The number of hydrogen-bond donors (Lipinski definition) is 0. The quantitative estimate of drug-likeness (QED) is 0.519. The Balaban J connectivity index is 4.75. The summed E-state index contributed by atoms with van der Waals surface area (Å²) in [7, 11) is -4.81. The molecule has 1 unspecified atom stereocenters. The first-order chi connectivity index (χ1) is 7.70. The summed E-state index contributed by atoms with van der Waals surface area (Å²) >= 11 is 0. The molecule has 0 aromatic heterocycles. The Kier molecular flexibility index (Phi) is 6.51. The fourth-order valence-corrected chi connectivity index (χ4v) is 4.72. The molecule has 6 heteroatoms. The zero-order chi connectivity index (χ0) is 14.8. The third-order valence-electron chi connectivity index (χ3n) is 1.86. The molecule has 0 saturated heterocycles. The van der Waals surface area contributed by atoms with Crippen molar-refractivity contribution in [2.24, 2.45) is 0 Å². The van der Waals surface area contributed by atoms with Gasteiger partial charge in [-0.1, -0.05) is 0 Å². The Bertz CT molecular complexity index is 235. The highest BCUT2D eigenvalue weighted by Crippen LogP contribution is 2.20. The van der Waals surface area contributed by atoms with Gasteiger partial charge in [-0.25, -0.2) is 0 Å². The molecule has 0 saturated carbocycles. The summed E-state index contributed by atoms with van der Waals surface area (Å²) in [5.74, 6) is 0. The maximum atomic E-state index is 6.17. The van der Waals surface area contributed by atoms with E-state index in [0.717, 1.165) is 0 Å². The van der Waals surface area contributed by atoms with Crippen molar-refractivity contribution in [2.45, 2.75) is 78.2 Å². The topological polar surface area (TPSA) is 27.7 Å². The van der Waals surface area contributed by atoms with E-state index in [1.165, 1.54) is 0 Å². The molecule has 0 aromatic carbocycles. The average molecular weight is 309 g/mol. The van der Waals surface area contributed by atoms with Gasteiger partial charge in [-0.2, -0.15) is 0 Å². The van der Waals surface area contributed by atoms with Gasteiger partial charge in [-0.3, -0.25) is 0 Å². The van der Waals surface area contributed by atoms with E-state index in [2.05, 4.69) is 65.8 Å². The summed E-state index contributed by atoms with van der Waals surface area (Å²) in [5.41, 5.74) is 0. The standard InChI is InChI=1S/C12H32O3Si3/c1-11(13-16(2,3)4)12(14-17(5,6)7)15-18(8,9)10/h11-12H,1-10H3. The Morgan fingerprint density at radius 1 is 0.556 bits per heavy atom. The lowest BCUT2D eigenvalue weighted by atomic mass is 10.4. The van der Waals surface area contributed by atoms with Crippen LogP contribution in [0.25, 0.3) is 0 Å². The van der Waals surface area contributed by atoms with Gasteiger partial charge in [0.05, 0.1) is 6.10 Å².